The highest BCUT2D eigenvalue weighted by atomic mass is 16.6. The molecule has 1 aromatic carbocycles. The number of aromatic nitrogens is 2. The number of likely N-dealkylation sites (tertiary alicyclic amines) is 1. The van der Waals surface area contributed by atoms with E-state index in [1.54, 1.807) is 4.90 Å². The first kappa shape index (κ1) is 16.6. The summed E-state index contributed by atoms with van der Waals surface area (Å²) in [5.41, 5.74) is 8.34. The van der Waals surface area contributed by atoms with Crippen LogP contribution in [0.1, 0.15) is 45.2 Å². The Morgan fingerprint density at radius 3 is 2.58 bits per heavy atom. The van der Waals surface area contributed by atoms with Gasteiger partial charge in [-0.25, -0.2) is 4.79 Å². The maximum Gasteiger partial charge on any atom is 0.410 e. The summed E-state index contributed by atoms with van der Waals surface area (Å²) in [6, 6.07) is 5.93. The molecule has 1 aliphatic heterocycles. The summed E-state index contributed by atoms with van der Waals surface area (Å²) < 4.78 is 7.35. The summed E-state index contributed by atoms with van der Waals surface area (Å²) in [7, 11) is 1.95. The molecule has 0 spiro atoms. The van der Waals surface area contributed by atoms with Crippen molar-refractivity contribution in [3.8, 4) is 0 Å². The summed E-state index contributed by atoms with van der Waals surface area (Å²) >= 11 is 0. The van der Waals surface area contributed by atoms with Crippen LogP contribution in [-0.2, 0) is 11.8 Å². The van der Waals surface area contributed by atoms with Crippen molar-refractivity contribution in [2.75, 3.05) is 18.8 Å². The Morgan fingerprint density at radius 1 is 1.29 bits per heavy atom. The Labute approximate surface area is 142 Å². The van der Waals surface area contributed by atoms with Crippen LogP contribution in [0.4, 0.5) is 10.5 Å². The Morgan fingerprint density at radius 2 is 1.96 bits per heavy atom. The SMILES string of the molecule is Cn1nc(C2CCN(C(=O)OC(C)(C)C)CC2)c2ccc(N)cc21. The normalized spacial score (nSPS) is 16.6. The molecule has 2 heterocycles. The maximum atomic E-state index is 12.2. The number of aryl methyl sites for hydroxylation is 1. The van der Waals surface area contributed by atoms with Crippen molar-refractivity contribution < 1.29 is 9.53 Å². The van der Waals surface area contributed by atoms with E-state index < -0.39 is 5.60 Å². The molecule has 0 unspecified atom stereocenters. The van der Waals surface area contributed by atoms with Crippen molar-refractivity contribution in [1.82, 2.24) is 14.7 Å². The van der Waals surface area contributed by atoms with Gasteiger partial charge < -0.3 is 15.4 Å². The first-order valence-corrected chi connectivity index (χ1v) is 8.44. The number of benzene rings is 1. The number of hydrogen-bond acceptors (Lipinski definition) is 4. The molecule has 3 rings (SSSR count). The maximum absolute atomic E-state index is 12.2. The number of piperidine rings is 1. The lowest BCUT2D eigenvalue weighted by atomic mass is 9.92. The zero-order valence-electron chi connectivity index (χ0n) is 14.9. The molecule has 1 fully saturated rings. The second-order valence-corrected chi connectivity index (χ2v) is 7.53. The number of hydrogen-bond donors (Lipinski definition) is 1. The zero-order chi connectivity index (χ0) is 17.5. The number of nitrogen functional groups attached to an aromatic ring is 1. The van der Waals surface area contributed by atoms with Crippen LogP contribution in [-0.4, -0.2) is 39.5 Å². The monoisotopic (exact) mass is 330 g/mol. The first-order chi connectivity index (χ1) is 11.2. The molecule has 1 saturated heterocycles. The number of nitrogens with zero attached hydrogens (tertiary/aromatic N) is 3. The number of carbonyl (C=O) groups is 1. The molecule has 0 atom stereocenters. The largest absolute Gasteiger partial charge is 0.444 e. The van der Waals surface area contributed by atoms with Gasteiger partial charge in [0.15, 0.2) is 0 Å². The molecule has 130 valence electrons. The fraction of sp³-hybridized carbons (Fsp3) is 0.556. The molecule has 6 nitrogen and oxygen atoms in total. The Balaban J connectivity index is 1.72. The van der Waals surface area contributed by atoms with Gasteiger partial charge in [-0.3, -0.25) is 4.68 Å². The molecule has 0 radical (unpaired) electrons. The molecule has 24 heavy (non-hydrogen) atoms. The van der Waals surface area contributed by atoms with E-state index in [1.807, 2.05) is 50.7 Å². The molecule has 6 heteroatoms. The predicted octanol–water partition coefficient (Wildman–Crippen LogP) is 3.27. The van der Waals surface area contributed by atoms with Crippen LogP contribution in [0, 0.1) is 0 Å². The third kappa shape index (κ3) is 3.32. The molecule has 0 aliphatic carbocycles. The Bertz CT molecular complexity index is 752. The highest BCUT2D eigenvalue weighted by Crippen LogP contribution is 2.33. The van der Waals surface area contributed by atoms with E-state index in [9.17, 15) is 4.79 Å². The zero-order valence-corrected chi connectivity index (χ0v) is 14.9. The highest BCUT2D eigenvalue weighted by Gasteiger charge is 2.29. The van der Waals surface area contributed by atoms with Crippen molar-refractivity contribution in [3.63, 3.8) is 0 Å². The van der Waals surface area contributed by atoms with Gasteiger partial charge in [-0.05, 0) is 51.8 Å². The van der Waals surface area contributed by atoms with Gasteiger partial charge >= 0.3 is 6.09 Å². The molecule has 0 saturated carbocycles. The average Bonchev–Trinajstić information content (AvgIpc) is 2.82. The standard InChI is InChI=1S/C18H26N4O2/c1-18(2,3)24-17(23)22-9-7-12(8-10-22)16-14-6-5-13(19)11-15(14)21(4)20-16/h5-6,11-12H,7-10,19H2,1-4H3. The van der Waals surface area contributed by atoms with Crippen molar-refractivity contribution in [2.45, 2.75) is 45.1 Å². The van der Waals surface area contributed by atoms with Crippen LogP contribution in [0.15, 0.2) is 18.2 Å². The third-order valence-electron chi connectivity index (χ3n) is 4.44. The molecule has 0 bridgehead atoms. The number of rotatable bonds is 1. The summed E-state index contributed by atoms with van der Waals surface area (Å²) in [6.45, 7) is 7.08. The number of anilines is 1. The Kier molecular flexibility index (Phi) is 4.15. The minimum atomic E-state index is -0.453. The predicted molar refractivity (Wildman–Crippen MR) is 94.9 cm³/mol. The lowest BCUT2D eigenvalue weighted by Crippen LogP contribution is -2.41. The van der Waals surface area contributed by atoms with Crippen LogP contribution >= 0.6 is 0 Å². The van der Waals surface area contributed by atoms with E-state index in [2.05, 4.69) is 0 Å². The third-order valence-corrected chi connectivity index (χ3v) is 4.44. The van der Waals surface area contributed by atoms with E-state index in [-0.39, 0.29) is 6.09 Å². The van der Waals surface area contributed by atoms with Gasteiger partial charge in [0.1, 0.15) is 5.60 Å². The van der Waals surface area contributed by atoms with Crippen LogP contribution in [0.5, 0.6) is 0 Å². The quantitative estimate of drug-likeness (QED) is 0.815. The minimum absolute atomic E-state index is 0.223. The lowest BCUT2D eigenvalue weighted by molar-refractivity contribution is 0.0204. The molecular formula is C18H26N4O2. The van der Waals surface area contributed by atoms with E-state index in [0.717, 1.165) is 35.1 Å². The molecule has 1 aromatic heterocycles. The number of ether oxygens (including phenoxy) is 1. The van der Waals surface area contributed by atoms with E-state index in [0.29, 0.717) is 19.0 Å². The second kappa shape index (κ2) is 6.00. The summed E-state index contributed by atoms with van der Waals surface area (Å²) in [4.78, 5) is 14.0. The summed E-state index contributed by atoms with van der Waals surface area (Å²) in [6.07, 6.45) is 1.57. The number of amides is 1. The van der Waals surface area contributed by atoms with E-state index in [4.69, 9.17) is 15.6 Å². The minimum Gasteiger partial charge on any atom is -0.444 e. The highest BCUT2D eigenvalue weighted by molar-refractivity contribution is 5.85. The number of nitrogens with two attached hydrogens (primary N) is 1. The van der Waals surface area contributed by atoms with Crippen LogP contribution < -0.4 is 5.73 Å². The number of carbonyl (C=O) groups excluding carboxylic acids is 1. The molecule has 2 N–H and O–H groups in total. The van der Waals surface area contributed by atoms with Crippen molar-refractivity contribution in [1.29, 1.82) is 0 Å². The molecule has 1 amide bonds. The first-order valence-electron chi connectivity index (χ1n) is 8.44. The number of fused-ring (bicyclic) bond motifs is 1. The van der Waals surface area contributed by atoms with Gasteiger partial charge in [0, 0.05) is 37.1 Å². The van der Waals surface area contributed by atoms with Gasteiger partial charge in [-0.1, -0.05) is 0 Å². The van der Waals surface area contributed by atoms with Crippen LogP contribution in [0.3, 0.4) is 0 Å². The van der Waals surface area contributed by atoms with Gasteiger partial charge in [-0.2, -0.15) is 5.10 Å². The average molecular weight is 330 g/mol. The lowest BCUT2D eigenvalue weighted by Gasteiger charge is -2.33. The summed E-state index contributed by atoms with van der Waals surface area (Å²) in [5, 5.41) is 5.87. The second-order valence-electron chi connectivity index (χ2n) is 7.53. The summed E-state index contributed by atoms with van der Waals surface area (Å²) in [5.74, 6) is 0.357. The molecule has 1 aliphatic rings. The fourth-order valence-corrected chi connectivity index (χ4v) is 3.27. The van der Waals surface area contributed by atoms with Crippen molar-refractivity contribution in [2.24, 2.45) is 7.05 Å². The van der Waals surface area contributed by atoms with Gasteiger partial charge in [-0.15, -0.1) is 0 Å². The smallest absolute Gasteiger partial charge is 0.410 e. The van der Waals surface area contributed by atoms with Gasteiger partial charge in [0.2, 0.25) is 0 Å². The van der Waals surface area contributed by atoms with Crippen LogP contribution in [0.2, 0.25) is 0 Å². The van der Waals surface area contributed by atoms with Gasteiger partial charge in [0.25, 0.3) is 0 Å². The van der Waals surface area contributed by atoms with Crippen molar-refractivity contribution >= 4 is 22.7 Å². The van der Waals surface area contributed by atoms with Crippen LogP contribution in [0.25, 0.3) is 10.9 Å². The van der Waals surface area contributed by atoms with Crippen molar-refractivity contribution in [3.05, 3.63) is 23.9 Å². The molecule has 2 aromatic rings. The van der Waals surface area contributed by atoms with Gasteiger partial charge in [0.05, 0.1) is 11.2 Å². The topological polar surface area (TPSA) is 73.4 Å². The fourth-order valence-electron chi connectivity index (χ4n) is 3.27. The van der Waals surface area contributed by atoms with E-state index >= 15 is 0 Å². The molecular weight excluding hydrogens is 304 g/mol. The van der Waals surface area contributed by atoms with E-state index in [1.165, 1.54) is 0 Å². The Hall–Kier alpha value is -2.24.